The Morgan fingerprint density at radius 2 is 2.00 bits per heavy atom. The number of carbonyl (C=O) groups excluding carboxylic acids is 1. The van der Waals surface area contributed by atoms with Crippen LogP contribution in [0.4, 0.5) is 0 Å². The number of hydrogen-bond donors (Lipinski definition) is 1. The van der Waals surface area contributed by atoms with Gasteiger partial charge in [-0.15, -0.1) is 11.3 Å². The third-order valence-electron chi connectivity index (χ3n) is 3.05. The van der Waals surface area contributed by atoms with Gasteiger partial charge in [0.15, 0.2) is 6.61 Å². The second-order valence-electron chi connectivity index (χ2n) is 4.92. The number of hydrazone groups is 1. The number of amides is 1. The van der Waals surface area contributed by atoms with E-state index in [0.717, 1.165) is 21.6 Å². The van der Waals surface area contributed by atoms with Gasteiger partial charge in [0, 0.05) is 9.90 Å². The molecule has 1 heterocycles. The summed E-state index contributed by atoms with van der Waals surface area (Å²) in [6.45, 7) is 5.70. The van der Waals surface area contributed by atoms with Crippen LogP contribution >= 0.6 is 22.9 Å². The smallest absolute Gasteiger partial charge is 0.277 e. The molecule has 4 nitrogen and oxygen atoms in total. The Morgan fingerprint density at radius 1 is 1.32 bits per heavy atom. The molecule has 1 N–H and O–H groups in total. The predicted molar refractivity (Wildman–Crippen MR) is 91.2 cm³/mol. The van der Waals surface area contributed by atoms with Gasteiger partial charge in [0.25, 0.3) is 5.91 Å². The van der Waals surface area contributed by atoms with Crippen LogP contribution in [0.1, 0.15) is 21.6 Å². The summed E-state index contributed by atoms with van der Waals surface area (Å²) in [4.78, 5) is 12.7. The molecule has 6 heteroatoms. The first-order valence-electron chi connectivity index (χ1n) is 6.73. The largest absolute Gasteiger partial charge is 0.484 e. The van der Waals surface area contributed by atoms with Crippen LogP contribution in [0, 0.1) is 20.8 Å². The van der Waals surface area contributed by atoms with Crippen LogP contribution in [-0.2, 0) is 4.79 Å². The number of rotatable bonds is 5. The van der Waals surface area contributed by atoms with E-state index in [1.54, 1.807) is 29.7 Å². The molecule has 1 aromatic carbocycles. The fourth-order valence-corrected chi connectivity index (χ4v) is 2.75. The minimum Gasteiger partial charge on any atom is -0.484 e. The van der Waals surface area contributed by atoms with Gasteiger partial charge >= 0.3 is 0 Å². The third-order valence-corrected chi connectivity index (χ3v) is 4.60. The monoisotopic (exact) mass is 336 g/mol. The summed E-state index contributed by atoms with van der Waals surface area (Å²) in [5, 5.41) is 6.62. The van der Waals surface area contributed by atoms with Crippen molar-refractivity contribution in [2.24, 2.45) is 5.10 Å². The van der Waals surface area contributed by atoms with E-state index >= 15 is 0 Å². The Labute approximate surface area is 138 Å². The number of nitrogens with one attached hydrogen (secondary N) is 1. The minimum absolute atomic E-state index is 0.0960. The van der Waals surface area contributed by atoms with Crippen molar-refractivity contribution in [1.82, 2.24) is 5.43 Å². The molecule has 2 aromatic rings. The Morgan fingerprint density at radius 3 is 2.59 bits per heavy atom. The number of halogens is 1. The van der Waals surface area contributed by atoms with E-state index in [1.807, 2.05) is 32.2 Å². The fraction of sp³-hybridized carbons (Fsp3) is 0.250. The molecule has 0 unspecified atom stereocenters. The maximum atomic E-state index is 11.7. The second-order valence-corrected chi connectivity index (χ2v) is 6.25. The first kappa shape index (κ1) is 16.5. The maximum Gasteiger partial charge on any atom is 0.277 e. The average molecular weight is 337 g/mol. The van der Waals surface area contributed by atoms with Crippen LogP contribution in [0.5, 0.6) is 5.75 Å². The number of benzene rings is 1. The van der Waals surface area contributed by atoms with Gasteiger partial charge in [-0.1, -0.05) is 11.6 Å². The van der Waals surface area contributed by atoms with Crippen LogP contribution in [0.2, 0.25) is 5.02 Å². The Balaban J connectivity index is 1.86. The molecule has 0 aliphatic carbocycles. The quantitative estimate of drug-likeness (QED) is 0.666. The molecule has 0 spiro atoms. The lowest BCUT2D eigenvalue weighted by atomic mass is 10.1. The highest BCUT2D eigenvalue weighted by atomic mass is 35.5. The van der Waals surface area contributed by atoms with E-state index in [9.17, 15) is 4.79 Å². The summed E-state index contributed by atoms with van der Waals surface area (Å²) in [5.41, 5.74) is 5.42. The first-order chi connectivity index (χ1) is 10.5. The highest BCUT2D eigenvalue weighted by molar-refractivity contribution is 7.11. The van der Waals surface area contributed by atoms with Gasteiger partial charge in [0.1, 0.15) is 5.75 Å². The summed E-state index contributed by atoms with van der Waals surface area (Å²) in [7, 11) is 0. The van der Waals surface area contributed by atoms with Crippen molar-refractivity contribution in [3.8, 4) is 5.75 Å². The summed E-state index contributed by atoms with van der Waals surface area (Å²) >= 11 is 7.66. The molecule has 2 rings (SSSR count). The van der Waals surface area contributed by atoms with Crippen LogP contribution in [-0.4, -0.2) is 18.7 Å². The van der Waals surface area contributed by atoms with Crippen molar-refractivity contribution >= 4 is 35.1 Å². The summed E-state index contributed by atoms with van der Waals surface area (Å²) in [5.74, 6) is 0.309. The van der Waals surface area contributed by atoms with Gasteiger partial charge in [0.05, 0.1) is 6.21 Å². The normalized spacial score (nSPS) is 10.9. The fourth-order valence-electron chi connectivity index (χ4n) is 1.85. The molecule has 0 fully saturated rings. The first-order valence-corrected chi connectivity index (χ1v) is 7.98. The summed E-state index contributed by atoms with van der Waals surface area (Å²) < 4.78 is 5.45. The molecule has 0 aliphatic heterocycles. The molecular weight excluding hydrogens is 320 g/mol. The van der Waals surface area contributed by atoms with Crippen LogP contribution < -0.4 is 10.2 Å². The molecule has 0 bridgehead atoms. The third kappa shape index (κ3) is 4.32. The molecule has 0 aliphatic rings. The SMILES string of the molecule is Cc1ccsc1/C=N/NC(=O)COc1cc(C)c(Cl)c(C)c1. The highest BCUT2D eigenvalue weighted by Gasteiger charge is 2.06. The Kier molecular flexibility index (Phi) is 5.57. The van der Waals surface area contributed by atoms with Gasteiger partial charge in [0.2, 0.25) is 0 Å². The molecular formula is C16H17ClN2O2S. The number of thiophene rings is 1. The molecule has 22 heavy (non-hydrogen) atoms. The molecule has 0 atom stereocenters. The number of hydrogen-bond acceptors (Lipinski definition) is 4. The van der Waals surface area contributed by atoms with Gasteiger partial charge in [-0.3, -0.25) is 4.79 Å². The van der Waals surface area contributed by atoms with Crippen LogP contribution in [0.25, 0.3) is 0 Å². The molecule has 0 saturated heterocycles. The standard InChI is InChI=1S/C16H17ClN2O2S/c1-10-4-5-22-14(10)8-18-19-15(20)9-21-13-6-11(2)16(17)12(3)7-13/h4-8H,9H2,1-3H3,(H,19,20)/b18-8+. The van der Waals surface area contributed by atoms with E-state index in [4.69, 9.17) is 16.3 Å². The minimum atomic E-state index is -0.310. The van der Waals surface area contributed by atoms with Crippen molar-refractivity contribution in [3.63, 3.8) is 0 Å². The van der Waals surface area contributed by atoms with Crippen LogP contribution in [0.3, 0.4) is 0 Å². The summed E-state index contributed by atoms with van der Waals surface area (Å²) in [6, 6.07) is 5.62. The predicted octanol–water partition coefficient (Wildman–Crippen LogP) is 3.86. The van der Waals surface area contributed by atoms with E-state index in [1.165, 1.54) is 0 Å². The number of aryl methyl sites for hydroxylation is 3. The van der Waals surface area contributed by atoms with Gasteiger partial charge in [-0.2, -0.15) is 5.10 Å². The number of carbonyl (C=O) groups is 1. The van der Waals surface area contributed by atoms with Gasteiger partial charge in [-0.05, 0) is 61.0 Å². The lowest BCUT2D eigenvalue weighted by Crippen LogP contribution is -2.24. The zero-order chi connectivity index (χ0) is 16.1. The van der Waals surface area contributed by atoms with E-state index in [2.05, 4.69) is 10.5 Å². The molecule has 0 saturated carbocycles. The molecule has 1 amide bonds. The lowest BCUT2D eigenvalue weighted by molar-refractivity contribution is -0.123. The molecule has 0 radical (unpaired) electrons. The van der Waals surface area contributed by atoms with Crippen molar-refractivity contribution in [3.05, 3.63) is 50.2 Å². The lowest BCUT2D eigenvalue weighted by Gasteiger charge is -2.09. The van der Waals surface area contributed by atoms with Crippen molar-refractivity contribution in [1.29, 1.82) is 0 Å². The zero-order valence-electron chi connectivity index (χ0n) is 12.6. The zero-order valence-corrected chi connectivity index (χ0v) is 14.2. The molecule has 1 aromatic heterocycles. The second kappa shape index (κ2) is 7.42. The van der Waals surface area contributed by atoms with E-state index < -0.39 is 0 Å². The van der Waals surface area contributed by atoms with Crippen LogP contribution in [0.15, 0.2) is 28.7 Å². The van der Waals surface area contributed by atoms with Crippen molar-refractivity contribution in [2.45, 2.75) is 20.8 Å². The van der Waals surface area contributed by atoms with E-state index in [-0.39, 0.29) is 12.5 Å². The van der Waals surface area contributed by atoms with Crippen molar-refractivity contribution < 1.29 is 9.53 Å². The topological polar surface area (TPSA) is 50.7 Å². The Hall–Kier alpha value is -1.85. The number of nitrogens with zero attached hydrogens (tertiary/aromatic N) is 1. The van der Waals surface area contributed by atoms with Crippen molar-refractivity contribution in [2.75, 3.05) is 6.61 Å². The van der Waals surface area contributed by atoms with Gasteiger partial charge in [-0.25, -0.2) is 5.43 Å². The Bertz CT molecular complexity index is 687. The highest BCUT2D eigenvalue weighted by Crippen LogP contribution is 2.25. The molecule has 116 valence electrons. The van der Waals surface area contributed by atoms with Gasteiger partial charge < -0.3 is 4.74 Å². The average Bonchev–Trinajstić information content (AvgIpc) is 2.88. The van der Waals surface area contributed by atoms with E-state index in [0.29, 0.717) is 10.8 Å². The maximum absolute atomic E-state index is 11.7. The summed E-state index contributed by atoms with van der Waals surface area (Å²) in [6.07, 6.45) is 1.63. The number of ether oxygens (including phenoxy) is 1.